The molecule has 0 aliphatic carbocycles. The predicted octanol–water partition coefficient (Wildman–Crippen LogP) is 5.72. The molecule has 0 aliphatic rings. The summed E-state index contributed by atoms with van der Waals surface area (Å²) in [5, 5.41) is 3.50. The van der Waals surface area contributed by atoms with Crippen molar-refractivity contribution in [3.63, 3.8) is 0 Å². The first-order valence-electron chi connectivity index (χ1n) is 9.88. The summed E-state index contributed by atoms with van der Waals surface area (Å²) in [5.74, 6) is 1.69. The van der Waals surface area contributed by atoms with Crippen LogP contribution in [0.1, 0.15) is 56.6 Å². The largest absolute Gasteiger partial charge is 0.493 e. The van der Waals surface area contributed by atoms with Gasteiger partial charge >= 0.3 is 0 Å². The average molecular weight is 356 g/mol. The summed E-state index contributed by atoms with van der Waals surface area (Å²) in [6.07, 6.45) is 7.59. The molecule has 0 aromatic heterocycles. The Hall–Kier alpha value is -2.00. The van der Waals surface area contributed by atoms with Crippen molar-refractivity contribution < 1.29 is 9.47 Å². The van der Waals surface area contributed by atoms with E-state index >= 15 is 0 Å². The molecule has 3 heteroatoms. The number of hydrogen-bond donors (Lipinski definition) is 1. The summed E-state index contributed by atoms with van der Waals surface area (Å²) in [4.78, 5) is 0. The van der Waals surface area contributed by atoms with Gasteiger partial charge in [-0.1, -0.05) is 81.5 Å². The van der Waals surface area contributed by atoms with E-state index in [1.807, 2.05) is 18.2 Å². The van der Waals surface area contributed by atoms with Crippen LogP contribution in [0.4, 0.5) is 0 Å². The number of methoxy groups -OCH3 is 1. The lowest BCUT2D eigenvalue weighted by Gasteiger charge is -2.15. The molecule has 0 amide bonds. The fraction of sp³-hybridized carbons (Fsp3) is 0.478. The molecule has 0 aliphatic heterocycles. The first-order chi connectivity index (χ1) is 12.8. The molecule has 142 valence electrons. The Morgan fingerprint density at radius 3 is 2.35 bits per heavy atom. The molecule has 0 saturated heterocycles. The van der Waals surface area contributed by atoms with E-state index in [4.69, 9.17) is 9.47 Å². The van der Waals surface area contributed by atoms with E-state index in [1.54, 1.807) is 7.11 Å². The van der Waals surface area contributed by atoms with Crippen LogP contribution in [0.2, 0.25) is 0 Å². The second-order valence-electron chi connectivity index (χ2n) is 6.65. The molecule has 0 spiro atoms. The van der Waals surface area contributed by atoms with Gasteiger partial charge in [-0.2, -0.15) is 0 Å². The van der Waals surface area contributed by atoms with E-state index in [0.717, 1.165) is 43.2 Å². The highest BCUT2D eigenvalue weighted by molar-refractivity contribution is 5.46. The van der Waals surface area contributed by atoms with Gasteiger partial charge in [0.2, 0.25) is 0 Å². The molecule has 2 aromatic carbocycles. The molecular weight excluding hydrogens is 322 g/mol. The Labute approximate surface area is 158 Å². The second kappa shape index (κ2) is 12.4. The third-order valence-corrected chi connectivity index (χ3v) is 4.51. The zero-order valence-corrected chi connectivity index (χ0v) is 16.3. The van der Waals surface area contributed by atoms with Crippen molar-refractivity contribution in [1.29, 1.82) is 0 Å². The highest BCUT2D eigenvalue weighted by Gasteiger charge is 2.10. The van der Waals surface area contributed by atoms with Gasteiger partial charge in [-0.05, 0) is 18.1 Å². The smallest absolute Gasteiger partial charge is 0.165 e. The monoisotopic (exact) mass is 355 g/mol. The molecule has 0 saturated carbocycles. The van der Waals surface area contributed by atoms with Gasteiger partial charge < -0.3 is 14.8 Å². The number of para-hydroxylation sites is 1. The highest BCUT2D eigenvalue weighted by Crippen LogP contribution is 2.31. The molecule has 3 nitrogen and oxygen atoms in total. The Morgan fingerprint density at radius 1 is 0.808 bits per heavy atom. The van der Waals surface area contributed by atoms with Gasteiger partial charge in [0.1, 0.15) is 0 Å². The number of unbranched alkanes of at least 4 members (excludes halogenated alkanes) is 5. The average Bonchev–Trinajstić information content (AvgIpc) is 2.68. The molecule has 0 radical (unpaired) electrons. The van der Waals surface area contributed by atoms with Crippen LogP contribution in [0.15, 0.2) is 48.5 Å². The van der Waals surface area contributed by atoms with Crippen LogP contribution >= 0.6 is 0 Å². The quantitative estimate of drug-likeness (QED) is 0.466. The van der Waals surface area contributed by atoms with Crippen molar-refractivity contribution in [1.82, 2.24) is 5.32 Å². The number of benzene rings is 2. The summed E-state index contributed by atoms with van der Waals surface area (Å²) in [6.45, 7) is 4.60. The molecule has 0 bridgehead atoms. The molecule has 1 N–H and O–H groups in total. The zero-order valence-electron chi connectivity index (χ0n) is 16.3. The van der Waals surface area contributed by atoms with Crippen LogP contribution in [0, 0.1) is 0 Å². The molecule has 0 atom stereocenters. The molecule has 2 rings (SSSR count). The van der Waals surface area contributed by atoms with Crippen molar-refractivity contribution in [3.05, 3.63) is 59.7 Å². The number of nitrogens with one attached hydrogen (secondary N) is 1. The molecule has 0 fully saturated rings. The van der Waals surface area contributed by atoms with E-state index in [9.17, 15) is 0 Å². The Balaban J connectivity index is 1.83. The fourth-order valence-electron chi connectivity index (χ4n) is 3.02. The summed E-state index contributed by atoms with van der Waals surface area (Å²) in [7, 11) is 1.70. The third kappa shape index (κ3) is 7.09. The first-order valence-corrected chi connectivity index (χ1v) is 9.88. The highest BCUT2D eigenvalue weighted by atomic mass is 16.5. The number of rotatable bonds is 13. The minimum Gasteiger partial charge on any atom is -0.493 e. The standard InChI is InChI=1S/C23H33NO2/c1-3-4-5-6-7-11-17-26-23-21(15-12-16-22(23)25-2)19-24-18-20-13-9-8-10-14-20/h8-10,12-16,24H,3-7,11,17-19H2,1-2H3. The van der Waals surface area contributed by atoms with E-state index in [2.05, 4.69) is 42.6 Å². The van der Waals surface area contributed by atoms with Crippen molar-refractivity contribution >= 4 is 0 Å². The Morgan fingerprint density at radius 2 is 1.58 bits per heavy atom. The Kier molecular flexibility index (Phi) is 9.66. The third-order valence-electron chi connectivity index (χ3n) is 4.51. The maximum atomic E-state index is 6.10. The van der Waals surface area contributed by atoms with E-state index < -0.39 is 0 Å². The van der Waals surface area contributed by atoms with Crippen molar-refractivity contribution in [3.8, 4) is 11.5 Å². The van der Waals surface area contributed by atoms with Crippen LogP contribution in [0.25, 0.3) is 0 Å². The van der Waals surface area contributed by atoms with Crippen LogP contribution < -0.4 is 14.8 Å². The zero-order chi connectivity index (χ0) is 18.5. The van der Waals surface area contributed by atoms with Crippen molar-refractivity contribution in [2.75, 3.05) is 13.7 Å². The van der Waals surface area contributed by atoms with Crippen LogP contribution in [0.3, 0.4) is 0 Å². The van der Waals surface area contributed by atoms with Crippen LogP contribution in [-0.2, 0) is 13.1 Å². The summed E-state index contributed by atoms with van der Waals surface area (Å²) in [5.41, 5.74) is 2.43. The first kappa shape index (κ1) is 20.3. The van der Waals surface area contributed by atoms with Gasteiger partial charge in [-0.15, -0.1) is 0 Å². The van der Waals surface area contributed by atoms with Crippen LogP contribution in [0.5, 0.6) is 11.5 Å². The normalized spacial score (nSPS) is 10.7. The lowest BCUT2D eigenvalue weighted by molar-refractivity contribution is 0.281. The Bertz CT molecular complexity index is 613. The van der Waals surface area contributed by atoms with Crippen molar-refractivity contribution in [2.24, 2.45) is 0 Å². The fourth-order valence-corrected chi connectivity index (χ4v) is 3.02. The van der Waals surface area contributed by atoms with Gasteiger partial charge in [-0.3, -0.25) is 0 Å². The van der Waals surface area contributed by atoms with E-state index in [-0.39, 0.29) is 0 Å². The van der Waals surface area contributed by atoms with E-state index in [0.29, 0.717) is 0 Å². The SMILES string of the molecule is CCCCCCCCOc1c(CNCc2ccccc2)cccc1OC. The van der Waals surface area contributed by atoms with E-state index in [1.165, 1.54) is 37.7 Å². The van der Waals surface area contributed by atoms with Crippen molar-refractivity contribution in [2.45, 2.75) is 58.5 Å². The molecule has 26 heavy (non-hydrogen) atoms. The van der Waals surface area contributed by atoms with Gasteiger partial charge in [0.15, 0.2) is 11.5 Å². The van der Waals surface area contributed by atoms with Crippen LogP contribution in [-0.4, -0.2) is 13.7 Å². The summed E-state index contributed by atoms with van der Waals surface area (Å²) >= 11 is 0. The lowest BCUT2D eigenvalue weighted by Crippen LogP contribution is -2.14. The van der Waals surface area contributed by atoms with Gasteiger partial charge in [0, 0.05) is 18.7 Å². The minimum atomic E-state index is 0.748. The molecule has 0 heterocycles. The maximum absolute atomic E-state index is 6.10. The lowest BCUT2D eigenvalue weighted by atomic mass is 10.1. The van der Waals surface area contributed by atoms with Gasteiger partial charge in [0.05, 0.1) is 13.7 Å². The summed E-state index contributed by atoms with van der Waals surface area (Å²) in [6, 6.07) is 16.5. The predicted molar refractivity (Wildman–Crippen MR) is 109 cm³/mol. The molecule has 0 unspecified atom stereocenters. The molecular formula is C23H33NO2. The topological polar surface area (TPSA) is 30.5 Å². The second-order valence-corrected chi connectivity index (χ2v) is 6.65. The van der Waals surface area contributed by atoms with Gasteiger partial charge in [-0.25, -0.2) is 0 Å². The maximum Gasteiger partial charge on any atom is 0.165 e. The number of hydrogen-bond acceptors (Lipinski definition) is 3. The minimum absolute atomic E-state index is 0.748. The number of ether oxygens (including phenoxy) is 2. The summed E-state index contributed by atoms with van der Waals surface area (Å²) < 4.78 is 11.6. The molecule has 2 aromatic rings. The van der Waals surface area contributed by atoms with Gasteiger partial charge in [0.25, 0.3) is 0 Å².